The molecule has 6 aromatic carbocycles. The molecule has 3 radical (unpaired) electrons. The van der Waals surface area contributed by atoms with E-state index in [9.17, 15) is 0 Å². The van der Waals surface area contributed by atoms with Gasteiger partial charge in [-0.15, -0.1) is 0 Å². The van der Waals surface area contributed by atoms with Gasteiger partial charge < -0.3 is 18.1 Å². The molecule has 1 fully saturated rings. The van der Waals surface area contributed by atoms with Gasteiger partial charge in [0.2, 0.25) is 0 Å². The quantitative estimate of drug-likeness (QED) is 0.162. The zero-order chi connectivity index (χ0) is 36.8. The minimum Gasteiger partial charge on any atom is -0.456 e. The van der Waals surface area contributed by atoms with Gasteiger partial charge in [0.1, 0.15) is 22.3 Å². The first-order valence-corrected chi connectivity index (χ1v) is 20.0. The van der Waals surface area contributed by atoms with E-state index in [4.69, 9.17) is 18.1 Å². The van der Waals surface area contributed by atoms with Crippen molar-refractivity contribution in [2.24, 2.45) is 0 Å². The summed E-state index contributed by atoms with van der Waals surface area (Å²) in [5.74, 6) is 0. The summed E-state index contributed by atoms with van der Waals surface area (Å²) in [5, 5.41) is 4.56. The van der Waals surface area contributed by atoms with Crippen LogP contribution in [0, 0.1) is 6.92 Å². The zero-order valence-electron chi connectivity index (χ0n) is 29.8. The average molecular weight is 973 g/mol. The van der Waals surface area contributed by atoms with E-state index in [-0.39, 0.29) is 34.2 Å². The van der Waals surface area contributed by atoms with Crippen LogP contribution in [0.25, 0.3) is 55.0 Å². The van der Waals surface area contributed by atoms with Crippen LogP contribution in [0.4, 0.5) is 0 Å². The predicted molar refractivity (Wildman–Crippen MR) is 243 cm³/mol. The summed E-state index contributed by atoms with van der Waals surface area (Å²) in [5.41, 5.74) is 7.71. The molecule has 0 spiro atoms. The van der Waals surface area contributed by atoms with Crippen LogP contribution in [0.1, 0.15) is 40.7 Å². The monoisotopic (exact) mass is 969 g/mol. The molecule has 0 saturated carbocycles. The van der Waals surface area contributed by atoms with E-state index in [2.05, 4.69) is 153 Å². The summed E-state index contributed by atoms with van der Waals surface area (Å²) in [6, 6.07) is 41.2. The van der Waals surface area contributed by atoms with Gasteiger partial charge >= 0.3 is 7.12 Å². The Kier molecular flexibility index (Phi) is 13.2. The SMILES string of the molecule is Brc1cc(Br)cc(Br)c1.C.CC1(C)OB(c2ccc3oc4ccccc4c3c2)OC1(C)C.Cc1cc(Br)cc(-c2ccc3oc4ccccc4c3c2)c1.[B]. The van der Waals surface area contributed by atoms with Crippen molar-refractivity contribution in [2.45, 2.75) is 53.2 Å². The molecule has 0 bridgehead atoms. The first-order chi connectivity index (χ1) is 24.8. The first-order valence-electron chi connectivity index (χ1n) is 16.8. The summed E-state index contributed by atoms with van der Waals surface area (Å²) in [7, 11) is -0.344. The highest BCUT2D eigenvalue weighted by atomic mass is 79.9. The Balaban J connectivity index is 0.000000165. The minimum absolute atomic E-state index is 0. The lowest BCUT2D eigenvalue weighted by Gasteiger charge is -2.32. The third kappa shape index (κ3) is 8.96. The normalized spacial score (nSPS) is 14.2. The Morgan fingerprint density at radius 3 is 1.43 bits per heavy atom. The maximum atomic E-state index is 6.13. The molecule has 3 heterocycles. The average Bonchev–Trinajstić information content (AvgIpc) is 3.71. The van der Waals surface area contributed by atoms with Gasteiger partial charge in [-0.25, -0.2) is 0 Å². The number of para-hydroxylation sites is 2. The van der Waals surface area contributed by atoms with Crippen molar-refractivity contribution in [1.29, 1.82) is 0 Å². The summed E-state index contributed by atoms with van der Waals surface area (Å²) < 4.78 is 28.3. The fourth-order valence-electron chi connectivity index (χ4n) is 6.20. The molecule has 10 heteroatoms. The maximum Gasteiger partial charge on any atom is 0.494 e. The van der Waals surface area contributed by atoms with E-state index < -0.39 is 0 Å². The lowest BCUT2D eigenvalue weighted by molar-refractivity contribution is 0.00578. The van der Waals surface area contributed by atoms with Crippen LogP contribution in [0.15, 0.2) is 148 Å². The van der Waals surface area contributed by atoms with Gasteiger partial charge in [-0.2, -0.15) is 0 Å². The summed E-state index contributed by atoms with van der Waals surface area (Å²) in [6.45, 7) is 10.4. The molecule has 273 valence electrons. The lowest BCUT2D eigenvalue weighted by Crippen LogP contribution is -2.41. The second-order valence-corrected chi connectivity index (χ2v) is 17.5. The van der Waals surface area contributed by atoms with Gasteiger partial charge in [0.15, 0.2) is 0 Å². The number of rotatable bonds is 2. The number of benzene rings is 6. The second-order valence-electron chi connectivity index (χ2n) is 13.9. The van der Waals surface area contributed by atoms with Gasteiger partial charge in [0, 0.05) is 47.8 Å². The van der Waals surface area contributed by atoms with Crippen molar-refractivity contribution in [3.63, 3.8) is 0 Å². The number of hydrogen-bond donors (Lipinski definition) is 0. The Labute approximate surface area is 353 Å². The van der Waals surface area contributed by atoms with Crippen molar-refractivity contribution in [2.75, 3.05) is 0 Å². The molecule has 1 aliphatic rings. The molecular weight excluding hydrogens is 934 g/mol. The minimum atomic E-state index is -0.344. The standard InChI is InChI=1S/C19H13BrO.C18H19BO3.C6H3Br3.CH4.B/c1-12-8-14(10-15(20)9-12)13-6-7-19-17(11-13)16-4-2-3-5-18(16)21-19;1-17(2)18(3,4)22-19(21-17)12-9-10-16-14(11-12)13-7-5-6-8-15(13)20-16;7-4-1-5(8)3-6(9)2-4;;/h2-11H,1H3;5-11H,1-4H3;1-3H;1H4;. The smallest absolute Gasteiger partial charge is 0.456 e. The predicted octanol–water partition coefficient (Wildman–Crippen LogP) is 14.4. The topological polar surface area (TPSA) is 44.7 Å². The molecule has 9 rings (SSSR count). The van der Waals surface area contributed by atoms with Gasteiger partial charge in [0.25, 0.3) is 0 Å². The highest BCUT2D eigenvalue weighted by molar-refractivity contribution is 9.11. The Morgan fingerprint density at radius 2 is 0.907 bits per heavy atom. The summed E-state index contributed by atoms with van der Waals surface area (Å²) in [4.78, 5) is 0. The molecule has 1 saturated heterocycles. The van der Waals surface area contributed by atoms with Crippen LogP contribution >= 0.6 is 63.7 Å². The van der Waals surface area contributed by atoms with E-state index in [1.807, 2.05) is 66.7 Å². The van der Waals surface area contributed by atoms with Crippen molar-refractivity contribution in [3.05, 3.63) is 145 Å². The summed E-state index contributed by atoms with van der Waals surface area (Å²) in [6.07, 6.45) is 0. The van der Waals surface area contributed by atoms with Crippen LogP contribution < -0.4 is 5.46 Å². The Bertz CT molecular complexity index is 2490. The van der Waals surface area contributed by atoms with Crippen LogP contribution in [-0.4, -0.2) is 26.7 Å². The fourth-order valence-corrected chi connectivity index (χ4v) is 9.21. The van der Waals surface area contributed by atoms with Crippen LogP contribution in [-0.2, 0) is 9.31 Å². The molecular formula is C44H39B2Br4O4. The van der Waals surface area contributed by atoms with E-state index >= 15 is 0 Å². The molecule has 0 amide bonds. The van der Waals surface area contributed by atoms with E-state index in [1.165, 1.54) is 27.5 Å². The number of furan rings is 2. The Hall–Kier alpha value is -3.11. The van der Waals surface area contributed by atoms with Gasteiger partial charge in [-0.1, -0.05) is 132 Å². The first kappa shape index (κ1) is 42.0. The lowest BCUT2D eigenvalue weighted by atomic mass is 9.78. The van der Waals surface area contributed by atoms with Crippen molar-refractivity contribution < 1.29 is 18.1 Å². The zero-order valence-corrected chi connectivity index (χ0v) is 36.2. The fraction of sp³-hybridized carbons (Fsp3) is 0.182. The number of fused-ring (bicyclic) bond motifs is 6. The van der Waals surface area contributed by atoms with Crippen molar-refractivity contribution in [3.8, 4) is 11.1 Å². The number of halogens is 4. The molecule has 0 N–H and O–H groups in total. The third-order valence-corrected chi connectivity index (χ3v) is 11.3. The van der Waals surface area contributed by atoms with Crippen LogP contribution in [0.2, 0.25) is 0 Å². The molecule has 0 unspecified atom stereocenters. The molecule has 0 atom stereocenters. The molecule has 8 aromatic rings. The Morgan fingerprint density at radius 1 is 0.463 bits per heavy atom. The molecule has 1 aliphatic heterocycles. The van der Waals surface area contributed by atoms with E-state index in [0.29, 0.717) is 0 Å². The van der Waals surface area contributed by atoms with Gasteiger partial charge in [-0.3, -0.25) is 0 Å². The highest BCUT2D eigenvalue weighted by Gasteiger charge is 2.51. The number of aryl methyl sites for hydroxylation is 1. The molecule has 2 aromatic heterocycles. The largest absolute Gasteiger partial charge is 0.494 e. The van der Waals surface area contributed by atoms with E-state index in [0.717, 1.165) is 56.5 Å². The maximum absolute atomic E-state index is 6.13. The summed E-state index contributed by atoms with van der Waals surface area (Å²) >= 11 is 13.6. The van der Waals surface area contributed by atoms with Crippen molar-refractivity contribution in [1.82, 2.24) is 0 Å². The number of hydrogen-bond acceptors (Lipinski definition) is 4. The highest BCUT2D eigenvalue weighted by Crippen LogP contribution is 2.37. The van der Waals surface area contributed by atoms with Gasteiger partial charge in [0.05, 0.1) is 11.2 Å². The van der Waals surface area contributed by atoms with E-state index in [1.54, 1.807) is 0 Å². The van der Waals surface area contributed by atoms with Crippen LogP contribution in [0.3, 0.4) is 0 Å². The molecule has 4 nitrogen and oxygen atoms in total. The van der Waals surface area contributed by atoms with Gasteiger partial charge in [-0.05, 0) is 117 Å². The molecule has 0 aliphatic carbocycles. The van der Waals surface area contributed by atoms with Crippen molar-refractivity contribution >= 4 is 129 Å². The van der Waals surface area contributed by atoms with Crippen LogP contribution in [0.5, 0.6) is 0 Å². The third-order valence-electron chi connectivity index (χ3n) is 9.51. The molecule has 54 heavy (non-hydrogen) atoms. The second kappa shape index (κ2) is 16.9.